The van der Waals surface area contributed by atoms with Crippen LogP contribution in [0.25, 0.3) is 0 Å². The van der Waals surface area contributed by atoms with E-state index in [0.717, 1.165) is 36.6 Å². The average Bonchev–Trinajstić information content (AvgIpc) is 3.57. The Kier molecular flexibility index (Phi) is 7.37. The van der Waals surface area contributed by atoms with Gasteiger partial charge in [-0.05, 0) is 42.9 Å². The van der Waals surface area contributed by atoms with Gasteiger partial charge in [0.2, 0.25) is 0 Å². The molecule has 3 heterocycles. The minimum absolute atomic E-state index is 0.0345. The van der Waals surface area contributed by atoms with E-state index in [1.165, 1.54) is 23.5 Å². The van der Waals surface area contributed by atoms with Gasteiger partial charge in [0.05, 0.1) is 21.6 Å². The highest BCUT2D eigenvalue weighted by atomic mass is 35.5. The summed E-state index contributed by atoms with van der Waals surface area (Å²) in [6.45, 7) is 5.68. The third-order valence-corrected chi connectivity index (χ3v) is 8.21. The fourth-order valence-corrected chi connectivity index (χ4v) is 6.15. The first kappa shape index (κ1) is 24.9. The van der Waals surface area contributed by atoms with Crippen LogP contribution in [0, 0.1) is 24.6 Å². The van der Waals surface area contributed by atoms with Gasteiger partial charge in [-0.1, -0.05) is 48.0 Å². The van der Waals surface area contributed by atoms with Crippen molar-refractivity contribution >= 4 is 34.8 Å². The van der Waals surface area contributed by atoms with Crippen molar-refractivity contribution in [2.24, 2.45) is 11.8 Å². The predicted molar refractivity (Wildman–Crippen MR) is 139 cm³/mol. The second-order valence-electron chi connectivity index (χ2n) is 9.56. The molecule has 2 aliphatic rings. The third-order valence-electron chi connectivity index (χ3n) is 7.12. The molecule has 5 rings (SSSR count). The summed E-state index contributed by atoms with van der Waals surface area (Å²) in [6.07, 6.45) is 0.770. The molecule has 0 bridgehead atoms. The van der Waals surface area contributed by atoms with E-state index in [-0.39, 0.29) is 28.4 Å². The monoisotopic (exact) mass is 526 g/mol. The van der Waals surface area contributed by atoms with E-state index in [1.807, 2.05) is 37.3 Å². The van der Waals surface area contributed by atoms with E-state index >= 15 is 0 Å². The van der Waals surface area contributed by atoms with Crippen LogP contribution in [-0.4, -0.2) is 59.3 Å². The maximum absolute atomic E-state index is 14.2. The summed E-state index contributed by atoms with van der Waals surface area (Å²) >= 11 is 7.58. The van der Waals surface area contributed by atoms with Crippen LogP contribution in [-0.2, 0) is 0 Å². The highest BCUT2D eigenvalue weighted by Crippen LogP contribution is 2.33. The standard InChI is InChI=1S/C27H28ClFN4O2S/c1-17-30-24(16-36-17)26(34)31-23(18-6-3-2-4-7-18)10-11-32-12-19-14-33(15-20(19)13-32)27(35)25-21(28)8-5-9-22(25)29/h2-9,16,19-20,23H,10-15H2,1H3,(H,31,34)/t19-,20?,23?/m0/s1. The van der Waals surface area contributed by atoms with Crippen molar-refractivity contribution in [3.63, 3.8) is 0 Å². The molecule has 0 radical (unpaired) electrons. The Labute approximate surface area is 219 Å². The summed E-state index contributed by atoms with van der Waals surface area (Å²) in [5.74, 6) is -0.367. The van der Waals surface area contributed by atoms with E-state index in [1.54, 1.807) is 16.3 Å². The third kappa shape index (κ3) is 5.31. The fourth-order valence-electron chi connectivity index (χ4n) is 5.32. The summed E-state index contributed by atoms with van der Waals surface area (Å²) in [5.41, 5.74) is 1.48. The van der Waals surface area contributed by atoms with Gasteiger partial charge < -0.3 is 15.1 Å². The van der Waals surface area contributed by atoms with Gasteiger partial charge in [0.1, 0.15) is 11.5 Å². The Morgan fingerprint density at radius 1 is 1.11 bits per heavy atom. The highest BCUT2D eigenvalue weighted by Gasteiger charge is 2.42. The Hall–Kier alpha value is -2.81. The molecule has 2 unspecified atom stereocenters. The van der Waals surface area contributed by atoms with Gasteiger partial charge in [-0.25, -0.2) is 9.37 Å². The van der Waals surface area contributed by atoms with Crippen molar-refractivity contribution in [3.05, 3.63) is 86.6 Å². The van der Waals surface area contributed by atoms with Gasteiger partial charge in [0, 0.05) is 38.1 Å². The molecule has 3 atom stereocenters. The lowest BCUT2D eigenvalue weighted by Gasteiger charge is -2.25. The molecule has 0 aliphatic carbocycles. The highest BCUT2D eigenvalue weighted by molar-refractivity contribution is 7.09. The van der Waals surface area contributed by atoms with Crippen LogP contribution in [0.2, 0.25) is 5.02 Å². The second-order valence-corrected chi connectivity index (χ2v) is 11.0. The number of hydrogen-bond donors (Lipinski definition) is 1. The zero-order valence-corrected chi connectivity index (χ0v) is 21.6. The average molecular weight is 527 g/mol. The molecule has 0 spiro atoms. The molecule has 0 saturated carbocycles. The van der Waals surface area contributed by atoms with Crippen LogP contribution in [0.1, 0.15) is 43.9 Å². The lowest BCUT2D eigenvalue weighted by atomic mass is 10.0. The normalized spacial score (nSPS) is 20.4. The van der Waals surface area contributed by atoms with Gasteiger partial charge in [0.25, 0.3) is 11.8 Å². The number of aryl methyl sites for hydroxylation is 1. The van der Waals surface area contributed by atoms with Crippen LogP contribution < -0.4 is 5.32 Å². The topological polar surface area (TPSA) is 65.5 Å². The SMILES string of the molecule is Cc1nc(C(=O)NC(CCN2CC3CN(C(=O)c4c(F)cccc4Cl)C[C@@H]3C2)c2ccccc2)cs1. The van der Waals surface area contributed by atoms with Gasteiger partial charge in [0.15, 0.2) is 0 Å². The summed E-state index contributed by atoms with van der Waals surface area (Å²) in [5, 5.41) is 5.97. The number of carbonyl (C=O) groups excluding carboxylic acids is 2. The Bertz CT molecular complexity index is 1220. The minimum Gasteiger partial charge on any atom is -0.344 e. The summed E-state index contributed by atoms with van der Waals surface area (Å²) in [6, 6.07) is 14.2. The molecule has 9 heteroatoms. The maximum atomic E-state index is 14.2. The summed E-state index contributed by atoms with van der Waals surface area (Å²) < 4.78 is 14.2. The summed E-state index contributed by atoms with van der Waals surface area (Å²) in [4.78, 5) is 34.2. The van der Waals surface area contributed by atoms with Crippen molar-refractivity contribution in [2.45, 2.75) is 19.4 Å². The Morgan fingerprint density at radius 3 is 2.47 bits per heavy atom. The molecule has 188 valence electrons. The zero-order chi connectivity index (χ0) is 25.2. The first-order valence-corrected chi connectivity index (χ1v) is 13.4. The number of aromatic nitrogens is 1. The quantitative estimate of drug-likeness (QED) is 0.480. The molecule has 36 heavy (non-hydrogen) atoms. The van der Waals surface area contributed by atoms with Crippen LogP contribution >= 0.6 is 22.9 Å². The molecule has 2 saturated heterocycles. The number of halogens is 2. The molecule has 2 aromatic carbocycles. The lowest BCUT2D eigenvalue weighted by Crippen LogP contribution is -2.35. The maximum Gasteiger partial charge on any atom is 0.271 e. The fraction of sp³-hybridized carbons (Fsp3) is 0.370. The smallest absolute Gasteiger partial charge is 0.271 e. The molecule has 2 aliphatic heterocycles. The van der Waals surface area contributed by atoms with Crippen LogP contribution in [0.15, 0.2) is 53.9 Å². The molecule has 2 fully saturated rings. The number of carbonyl (C=O) groups is 2. The minimum atomic E-state index is -0.576. The number of nitrogens with zero attached hydrogens (tertiary/aromatic N) is 3. The Balaban J connectivity index is 1.19. The number of rotatable bonds is 7. The van der Waals surface area contributed by atoms with E-state index in [9.17, 15) is 14.0 Å². The van der Waals surface area contributed by atoms with Gasteiger partial charge in [-0.15, -0.1) is 11.3 Å². The second kappa shape index (κ2) is 10.7. The molecule has 2 amide bonds. The van der Waals surface area contributed by atoms with Crippen molar-refractivity contribution in [1.82, 2.24) is 20.1 Å². The van der Waals surface area contributed by atoms with E-state index < -0.39 is 5.82 Å². The molecule has 3 aromatic rings. The first-order valence-electron chi connectivity index (χ1n) is 12.1. The van der Waals surface area contributed by atoms with Crippen molar-refractivity contribution in [3.8, 4) is 0 Å². The van der Waals surface area contributed by atoms with Gasteiger partial charge in [-0.3, -0.25) is 9.59 Å². The Morgan fingerprint density at radius 2 is 1.83 bits per heavy atom. The lowest BCUT2D eigenvalue weighted by molar-refractivity contribution is 0.0769. The van der Waals surface area contributed by atoms with Gasteiger partial charge >= 0.3 is 0 Å². The van der Waals surface area contributed by atoms with Crippen LogP contribution in [0.3, 0.4) is 0 Å². The van der Waals surface area contributed by atoms with E-state index in [2.05, 4.69) is 15.2 Å². The van der Waals surface area contributed by atoms with E-state index in [4.69, 9.17) is 11.6 Å². The zero-order valence-electron chi connectivity index (χ0n) is 20.0. The van der Waals surface area contributed by atoms with Crippen molar-refractivity contribution in [2.75, 3.05) is 32.7 Å². The number of amides is 2. The van der Waals surface area contributed by atoms with E-state index in [0.29, 0.717) is 30.6 Å². The number of hydrogen-bond acceptors (Lipinski definition) is 5. The first-order chi connectivity index (χ1) is 17.4. The molecular formula is C27H28ClFN4O2S. The summed E-state index contributed by atoms with van der Waals surface area (Å²) in [7, 11) is 0. The number of nitrogens with one attached hydrogen (secondary N) is 1. The number of benzene rings is 2. The number of fused-ring (bicyclic) bond motifs is 1. The predicted octanol–water partition coefficient (Wildman–Crippen LogP) is 4.81. The molecule has 1 N–H and O–H groups in total. The number of thiazole rings is 1. The van der Waals surface area contributed by atoms with Gasteiger partial charge in [-0.2, -0.15) is 0 Å². The molecule has 6 nitrogen and oxygen atoms in total. The van der Waals surface area contributed by atoms with Crippen LogP contribution in [0.5, 0.6) is 0 Å². The van der Waals surface area contributed by atoms with Crippen LogP contribution in [0.4, 0.5) is 4.39 Å². The molecule has 1 aromatic heterocycles. The molecular weight excluding hydrogens is 499 g/mol. The largest absolute Gasteiger partial charge is 0.344 e. The van der Waals surface area contributed by atoms with Crippen molar-refractivity contribution < 1.29 is 14.0 Å². The number of likely N-dealkylation sites (tertiary alicyclic amines) is 2. The van der Waals surface area contributed by atoms with Crippen molar-refractivity contribution in [1.29, 1.82) is 0 Å².